The summed E-state index contributed by atoms with van der Waals surface area (Å²) in [6.07, 6.45) is 0. The number of nitrogens with zero attached hydrogens (tertiary/aromatic N) is 5. The molecule has 0 aliphatic rings. The van der Waals surface area contributed by atoms with Crippen LogP contribution < -0.4 is 5.12 Å². The zero-order valence-corrected chi connectivity index (χ0v) is 14.7. The standard InChI is InChI=1S/C18H14N5O3S/c24-27(25,26)18-14-8-7-13-17(18)23(21-19-15-9-3-1-4-10-15)22-20-16-11-5-2-6-12-16/h1-12,14H,(H,24,25,26). The minimum Gasteiger partial charge on any atom is -0.282 e. The third kappa shape index (κ3) is 5.03. The molecule has 0 aliphatic carbocycles. The molecule has 1 N–H and O–H groups in total. The monoisotopic (exact) mass is 380 g/mol. The first kappa shape index (κ1) is 18.4. The molecule has 9 heteroatoms. The Morgan fingerprint density at radius 3 is 1.78 bits per heavy atom. The molecule has 0 heterocycles. The Hall–Kier alpha value is -3.43. The highest BCUT2D eigenvalue weighted by atomic mass is 32.2. The zero-order valence-electron chi connectivity index (χ0n) is 13.9. The Kier molecular flexibility index (Phi) is 5.64. The predicted octanol–water partition coefficient (Wildman–Crippen LogP) is 4.94. The molecule has 3 aromatic carbocycles. The van der Waals surface area contributed by atoms with Gasteiger partial charge in [-0.3, -0.25) is 4.55 Å². The first-order valence-corrected chi connectivity index (χ1v) is 9.20. The van der Waals surface area contributed by atoms with Gasteiger partial charge in [0, 0.05) is 6.07 Å². The van der Waals surface area contributed by atoms with E-state index in [-0.39, 0.29) is 5.69 Å². The molecule has 0 saturated carbocycles. The van der Waals surface area contributed by atoms with E-state index in [0.29, 0.717) is 11.4 Å². The van der Waals surface area contributed by atoms with Gasteiger partial charge in [-0.1, -0.05) is 48.5 Å². The third-order valence-electron chi connectivity index (χ3n) is 3.28. The fourth-order valence-electron chi connectivity index (χ4n) is 2.06. The van der Waals surface area contributed by atoms with Crippen molar-refractivity contribution in [3.05, 3.63) is 84.9 Å². The average Bonchev–Trinajstić information content (AvgIpc) is 2.69. The average molecular weight is 380 g/mol. The topological polar surface area (TPSA) is 107 Å². The lowest BCUT2D eigenvalue weighted by atomic mass is 10.3. The van der Waals surface area contributed by atoms with E-state index in [2.05, 4.69) is 26.7 Å². The molecule has 27 heavy (non-hydrogen) atoms. The van der Waals surface area contributed by atoms with E-state index in [4.69, 9.17) is 0 Å². The number of para-hydroxylation sites is 1. The van der Waals surface area contributed by atoms with Crippen molar-refractivity contribution in [2.24, 2.45) is 20.7 Å². The quantitative estimate of drug-likeness (QED) is 0.371. The number of anilines is 1. The summed E-state index contributed by atoms with van der Waals surface area (Å²) >= 11 is 0. The third-order valence-corrected chi connectivity index (χ3v) is 4.16. The second kappa shape index (κ2) is 8.30. The molecule has 3 aromatic rings. The molecule has 0 atom stereocenters. The van der Waals surface area contributed by atoms with E-state index in [1.165, 1.54) is 18.2 Å². The maximum Gasteiger partial charge on any atom is 0.296 e. The lowest BCUT2D eigenvalue weighted by Crippen LogP contribution is -2.11. The van der Waals surface area contributed by atoms with Crippen molar-refractivity contribution < 1.29 is 13.0 Å². The SMILES string of the molecule is O=S(=O)(O)c1ccc[c]c1N(N=Nc1ccccc1)N=Nc1ccccc1. The van der Waals surface area contributed by atoms with E-state index in [9.17, 15) is 13.0 Å². The molecular formula is C18H14N5O3S. The lowest BCUT2D eigenvalue weighted by molar-refractivity contribution is 0.483. The number of hydrogen-bond acceptors (Lipinski definition) is 6. The maximum absolute atomic E-state index is 11.7. The number of benzene rings is 3. The molecule has 8 nitrogen and oxygen atoms in total. The van der Waals surface area contributed by atoms with E-state index >= 15 is 0 Å². The molecule has 0 amide bonds. The second-order valence-electron chi connectivity index (χ2n) is 5.20. The molecule has 135 valence electrons. The van der Waals surface area contributed by atoms with Gasteiger partial charge in [-0.25, -0.2) is 0 Å². The van der Waals surface area contributed by atoms with Gasteiger partial charge in [0.1, 0.15) is 10.6 Å². The summed E-state index contributed by atoms with van der Waals surface area (Å²) in [5.74, 6) is 0. The van der Waals surface area contributed by atoms with Crippen LogP contribution in [0.3, 0.4) is 0 Å². The minimum atomic E-state index is -4.52. The molecule has 0 bridgehead atoms. The van der Waals surface area contributed by atoms with Crippen LogP contribution in [-0.4, -0.2) is 13.0 Å². The van der Waals surface area contributed by atoms with Crippen LogP contribution in [0.5, 0.6) is 0 Å². The summed E-state index contributed by atoms with van der Waals surface area (Å²) in [6.45, 7) is 0. The molecule has 0 aliphatic heterocycles. The van der Waals surface area contributed by atoms with Gasteiger partial charge >= 0.3 is 0 Å². The Bertz CT molecular complexity index is 1010. The molecule has 0 fully saturated rings. The molecule has 3 rings (SSSR count). The number of hydrogen-bond donors (Lipinski definition) is 1. The molecule has 0 spiro atoms. The number of rotatable bonds is 6. The Balaban J connectivity index is 2.03. The van der Waals surface area contributed by atoms with Crippen molar-refractivity contribution in [3.63, 3.8) is 0 Å². The van der Waals surface area contributed by atoms with Crippen molar-refractivity contribution in [2.75, 3.05) is 5.12 Å². The summed E-state index contributed by atoms with van der Waals surface area (Å²) in [7, 11) is -4.52. The van der Waals surface area contributed by atoms with E-state index in [1.54, 1.807) is 48.5 Å². The Labute approximate surface area is 156 Å². The molecule has 0 aromatic heterocycles. The van der Waals surface area contributed by atoms with Crippen LogP contribution in [0.15, 0.2) is 104 Å². The summed E-state index contributed by atoms with van der Waals surface area (Å²) in [4.78, 5) is -0.413. The van der Waals surface area contributed by atoms with Crippen molar-refractivity contribution >= 4 is 27.2 Å². The molecule has 0 unspecified atom stereocenters. The summed E-state index contributed by atoms with van der Waals surface area (Å²) in [5.41, 5.74) is 0.947. The van der Waals surface area contributed by atoms with Crippen LogP contribution in [0.4, 0.5) is 17.1 Å². The fraction of sp³-hybridized carbons (Fsp3) is 0. The highest BCUT2D eigenvalue weighted by Crippen LogP contribution is 2.27. The molecule has 0 saturated heterocycles. The predicted molar refractivity (Wildman–Crippen MR) is 99.5 cm³/mol. The van der Waals surface area contributed by atoms with Gasteiger partial charge < -0.3 is 0 Å². The van der Waals surface area contributed by atoms with Gasteiger partial charge in [-0.15, -0.1) is 15.3 Å². The lowest BCUT2D eigenvalue weighted by Gasteiger charge is -2.12. The van der Waals surface area contributed by atoms with Crippen LogP contribution in [0.1, 0.15) is 0 Å². The van der Waals surface area contributed by atoms with E-state index in [0.717, 1.165) is 5.12 Å². The van der Waals surface area contributed by atoms with Gasteiger partial charge in [-0.2, -0.15) is 8.42 Å². The van der Waals surface area contributed by atoms with Gasteiger partial charge in [0.25, 0.3) is 10.1 Å². The van der Waals surface area contributed by atoms with Crippen LogP contribution in [0.2, 0.25) is 0 Å². The summed E-state index contributed by atoms with van der Waals surface area (Å²) in [5, 5.41) is 16.8. The normalized spacial score (nSPS) is 11.9. The van der Waals surface area contributed by atoms with E-state index in [1.807, 2.05) is 12.1 Å². The van der Waals surface area contributed by atoms with Gasteiger partial charge in [0.2, 0.25) is 0 Å². The van der Waals surface area contributed by atoms with Crippen LogP contribution in [0.25, 0.3) is 0 Å². The van der Waals surface area contributed by atoms with Crippen molar-refractivity contribution in [3.8, 4) is 0 Å². The molecular weight excluding hydrogens is 366 g/mol. The second-order valence-corrected chi connectivity index (χ2v) is 6.59. The fourth-order valence-corrected chi connectivity index (χ4v) is 2.70. The van der Waals surface area contributed by atoms with Crippen molar-refractivity contribution in [1.29, 1.82) is 0 Å². The van der Waals surface area contributed by atoms with Gasteiger partial charge in [0.15, 0.2) is 0 Å². The minimum absolute atomic E-state index is 0.112. The van der Waals surface area contributed by atoms with Crippen molar-refractivity contribution in [2.45, 2.75) is 4.90 Å². The van der Waals surface area contributed by atoms with Crippen LogP contribution in [-0.2, 0) is 10.1 Å². The first-order chi connectivity index (χ1) is 13.0. The van der Waals surface area contributed by atoms with Gasteiger partial charge in [0.05, 0.1) is 11.4 Å². The van der Waals surface area contributed by atoms with Crippen LogP contribution >= 0.6 is 0 Å². The van der Waals surface area contributed by atoms with E-state index < -0.39 is 15.0 Å². The summed E-state index contributed by atoms with van der Waals surface area (Å²) < 4.78 is 32.8. The highest BCUT2D eigenvalue weighted by molar-refractivity contribution is 7.86. The Morgan fingerprint density at radius 1 is 0.778 bits per heavy atom. The van der Waals surface area contributed by atoms with Gasteiger partial charge in [-0.05, 0) is 40.8 Å². The highest BCUT2D eigenvalue weighted by Gasteiger charge is 2.20. The maximum atomic E-state index is 11.7. The Morgan fingerprint density at radius 2 is 1.30 bits per heavy atom. The zero-order chi connectivity index (χ0) is 19.1. The summed E-state index contributed by atoms with van der Waals surface area (Å²) in [6, 6.07) is 24.4. The molecule has 1 radical (unpaired) electrons. The smallest absolute Gasteiger partial charge is 0.282 e. The van der Waals surface area contributed by atoms with Crippen molar-refractivity contribution in [1.82, 2.24) is 0 Å². The van der Waals surface area contributed by atoms with Crippen LogP contribution in [0, 0.1) is 6.07 Å². The largest absolute Gasteiger partial charge is 0.296 e. The first-order valence-electron chi connectivity index (χ1n) is 7.76.